The van der Waals surface area contributed by atoms with Gasteiger partial charge in [-0.3, -0.25) is 9.59 Å². The molecule has 21 heavy (non-hydrogen) atoms. The molecule has 0 aliphatic carbocycles. The number of carboxylic acid groups (broad SMARTS) is 1. The van der Waals surface area contributed by atoms with Crippen molar-refractivity contribution in [3.8, 4) is 0 Å². The normalized spacial score (nSPS) is 11.5. The Kier molecular flexibility index (Phi) is 4.21. The van der Waals surface area contributed by atoms with Crippen molar-refractivity contribution in [2.24, 2.45) is 0 Å². The molecule has 0 aliphatic heterocycles. The average molecular weight is 290 g/mol. The molecule has 0 atom stereocenters. The zero-order valence-electron chi connectivity index (χ0n) is 12.0. The summed E-state index contributed by atoms with van der Waals surface area (Å²) in [6.45, 7) is 3.74. The molecule has 1 aromatic carbocycles. The van der Waals surface area contributed by atoms with Gasteiger partial charge in [0, 0.05) is 5.56 Å². The number of benzene rings is 1. The number of hydrogen-bond acceptors (Lipinski definition) is 4. The van der Waals surface area contributed by atoms with Crippen LogP contribution in [-0.4, -0.2) is 37.9 Å². The van der Waals surface area contributed by atoms with Crippen molar-refractivity contribution >= 4 is 22.9 Å². The van der Waals surface area contributed by atoms with Crippen molar-refractivity contribution in [3.05, 3.63) is 23.8 Å². The summed E-state index contributed by atoms with van der Waals surface area (Å²) in [6.07, 6.45) is 0.999. The molecular formula is C14H18N4O3. The summed E-state index contributed by atoms with van der Waals surface area (Å²) < 4.78 is 0. The number of aromatic amines is 1. The largest absolute Gasteiger partial charge is 0.481 e. The van der Waals surface area contributed by atoms with Gasteiger partial charge in [-0.1, -0.05) is 13.8 Å². The van der Waals surface area contributed by atoms with E-state index in [0.29, 0.717) is 29.4 Å². The molecular weight excluding hydrogens is 272 g/mol. The number of carboxylic acids is 1. The summed E-state index contributed by atoms with van der Waals surface area (Å²) in [5.74, 6) is -1.23. The fourth-order valence-corrected chi connectivity index (χ4v) is 2.30. The highest BCUT2D eigenvalue weighted by molar-refractivity contribution is 5.97. The molecule has 1 aromatic heterocycles. The fraction of sp³-hybridized carbons (Fsp3) is 0.429. The van der Waals surface area contributed by atoms with Crippen molar-refractivity contribution in [1.29, 1.82) is 0 Å². The minimum atomic E-state index is -0.925. The van der Waals surface area contributed by atoms with E-state index < -0.39 is 11.5 Å². The van der Waals surface area contributed by atoms with Crippen LogP contribution < -0.4 is 5.32 Å². The van der Waals surface area contributed by atoms with Gasteiger partial charge in [-0.15, -0.1) is 0 Å². The van der Waals surface area contributed by atoms with E-state index in [1.807, 2.05) is 13.8 Å². The zero-order valence-corrected chi connectivity index (χ0v) is 12.0. The quantitative estimate of drug-likeness (QED) is 0.750. The van der Waals surface area contributed by atoms with Gasteiger partial charge in [0.25, 0.3) is 5.91 Å². The zero-order chi connectivity index (χ0) is 15.5. The van der Waals surface area contributed by atoms with Gasteiger partial charge in [-0.2, -0.15) is 15.4 Å². The van der Waals surface area contributed by atoms with Crippen LogP contribution >= 0.6 is 0 Å². The minimum Gasteiger partial charge on any atom is -0.481 e. The number of amides is 1. The molecule has 7 nitrogen and oxygen atoms in total. The third-order valence-corrected chi connectivity index (χ3v) is 3.80. The van der Waals surface area contributed by atoms with E-state index in [0.717, 1.165) is 0 Å². The SMILES string of the molecule is CCC(CC)(CC(=O)O)NC(=O)c1ccc2n[nH]nc2c1. The fourth-order valence-electron chi connectivity index (χ4n) is 2.30. The number of fused-ring (bicyclic) bond motifs is 1. The number of nitrogens with zero attached hydrogens (tertiary/aromatic N) is 2. The summed E-state index contributed by atoms with van der Waals surface area (Å²) in [4.78, 5) is 23.4. The first-order valence-corrected chi connectivity index (χ1v) is 6.84. The van der Waals surface area contributed by atoms with Crippen LogP contribution in [0.3, 0.4) is 0 Å². The molecule has 0 aliphatic rings. The van der Waals surface area contributed by atoms with Gasteiger partial charge >= 0.3 is 5.97 Å². The number of hydrogen-bond donors (Lipinski definition) is 3. The molecule has 2 aromatic rings. The highest BCUT2D eigenvalue weighted by Gasteiger charge is 2.31. The third kappa shape index (κ3) is 3.18. The molecule has 0 bridgehead atoms. The van der Waals surface area contributed by atoms with E-state index in [4.69, 9.17) is 5.11 Å². The minimum absolute atomic E-state index is 0.0993. The first-order valence-electron chi connectivity index (χ1n) is 6.84. The highest BCUT2D eigenvalue weighted by Crippen LogP contribution is 2.21. The van der Waals surface area contributed by atoms with E-state index in [1.54, 1.807) is 18.2 Å². The number of aliphatic carboxylic acids is 1. The third-order valence-electron chi connectivity index (χ3n) is 3.80. The van der Waals surface area contributed by atoms with Crippen LogP contribution in [0.4, 0.5) is 0 Å². The van der Waals surface area contributed by atoms with Gasteiger partial charge in [-0.25, -0.2) is 0 Å². The van der Waals surface area contributed by atoms with Crippen LogP contribution in [0.15, 0.2) is 18.2 Å². The van der Waals surface area contributed by atoms with Crippen LogP contribution in [0.1, 0.15) is 43.5 Å². The van der Waals surface area contributed by atoms with E-state index >= 15 is 0 Å². The van der Waals surface area contributed by atoms with E-state index in [-0.39, 0.29) is 12.3 Å². The van der Waals surface area contributed by atoms with E-state index in [1.165, 1.54) is 0 Å². The van der Waals surface area contributed by atoms with Crippen molar-refractivity contribution in [3.63, 3.8) is 0 Å². The van der Waals surface area contributed by atoms with E-state index in [2.05, 4.69) is 20.7 Å². The average Bonchev–Trinajstić information content (AvgIpc) is 2.93. The number of nitrogens with one attached hydrogen (secondary N) is 2. The van der Waals surface area contributed by atoms with Gasteiger partial charge in [0.05, 0.1) is 12.0 Å². The number of carbonyl (C=O) groups excluding carboxylic acids is 1. The molecule has 0 saturated carbocycles. The van der Waals surface area contributed by atoms with Gasteiger partial charge < -0.3 is 10.4 Å². The van der Waals surface area contributed by atoms with Gasteiger partial charge in [0.2, 0.25) is 0 Å². The molecule has 1 amide bonds. The number of rotatable bonds is 6. The summed E-state index contributed by atoms with van der Waals surface area (Å²) in [5.41, 5.74) is 0.976. The monoisotopic (exact) mass is 290 g/mol. The lowest BCUT2D eigenvalue weighted by Crippen LogP contribution is -2.49. The molecule has 112 valence electrons. The number of carbonyl (C=O) groups is 2. The van der Waals surface area contributed by atoms with Crippen LogP contribution in [-0.2, 0) is 4.79 Å². The second-order valence-corrected chi connectivity index (χ2v) is 5.04. The Hall–Kier alpha value is -2.44. The van der Waals surface area contributed by atoms with Crippen LogP contribution in [0.2, 0.25) is 0 Å². The lowest BCUT2D eigenvalue weighted by molar-refractivity contribution is -0.138. The Bertz CT molecular complexity index is 661. The molecule has 0 saturated heterocycles. The van der Waals surface area contributed by atoms with Gasteiger partial charge in [0.15, 0.2) is 0 Å². The lowest BCUT2D eigenvalue weighted by atomic mass is 9.88. The summed E-state index contributed by atoms with van der Waals surface area (Å²) in [7, 11) is 0. The highest BCUT2D eigenvalue weighted by atomic mass is 16.4. The Morgan fingerprint density at radius 1 is 1.24 bits per heavy atom. The van der Waals surface area contributed by atoms with Gasteiger partial charge in [-0.05, 0) is 31.0 Å². The van der Waals surface area contributed by atoms with Gasteiger partial charge in [0.1, 0.15) is 11.0 Å². The van der Waals surface area contributed by atoms with E-state index in [9.17, 15) is 9.59 Å². The summed E-state index contributed by atoms with van der Waals surface area (Å²) in [6, 6.07) is 4.98. The maximum Gasteiger partial charge on any atom is 0.305 e. The summed E-state index contributed by atoms with van der Waals surface area (Å²) in [5, 5.41) is 22.2. The molecule has 2 rings (SSSR count). The molecule has 7 heteroatoms. The second kappa shape index (κ2) is 5.90. The first-order chi connectivity index (χ1) is 9.99. The van der Waals surface area contributed by atoms with Crippen molar-refractivity contribution in [1.82, 2.24) is 20.7 Å². The Labute approximate surface area is 121 Å². The van der Waals surface area contributed by atoms with Crippen molar-refractivity contribution in [2.75, 3.05) is 0 Å². The molecule has 1 heterocycles. The molecule has 0 unspecified atom stereocenters. The predicted molar refractivity (Wildman–Crippen MR) is 76.9 cm³/mol. The first kappa shape index (κ1) is 15.0. The molecule has 0 radical (unpaired) electrons. The van der Waals surface area contributed by atoms with Crippen molar-refractivity contribution < 1.29 is 14.7 Å². The topological polar surface area (TPSA) is 108 Å². The Morgan fingerprint density at radius 2 is 1.90 bits per heavy atom. The number of H-pyrrole nitrogens is 1. The van der Waals surface area contributed by atoms with Crippen LogP contribution in [0.25, 0.3) is 11.0 Å². The standard InChI is InChI=1S/C14H18N4O3/c1-3-14(4-2,8-12(19)20)15-13(21)9-5-6-10-11(7-9)17-18-16-10/h5-7H,3-4,8H2,1-2H3,(H,15,21)(H,19,20)(H,16,17,18). The Morgan fingerprint density at radius 3 is 2.52 bits per heavy atom. The van der Waals surface area contributed by atoms with Crippen LogP contribution in [0.5, 0.6) is 0 Å². The second-order valence-electron chi connectivity index (χ2n) is 5.04. The molecule has 0 fully saturated rings. The van der Waals surface area contributed by atoms with Crippen LogP contribution in [0, 0.1) is 0 Å². The molecule has 0 spiro atoms. The predicted octanol–water partition coefficient (Wildman–Crippen LogP) is 1.72. The smallest absolute Gasteiger partial charge is 0.305 e. The summed E-state index contributed by atoms with van der Waals surface area (Å²) >= 11 is 0. The van der Waals surface area contributed by atoms with Crippen molar-refractivity contribution in [2.45, 2.75) is 38.6 Å². The number of aromatic nitrogens is 3. The maximum atomic E-state index is 12.4. The molecule has 3 N–H and O–H groups in total. The lowest BCUT2D eigenvalue weighted by Gasteiger charge is -2.31. The Balaban J connectivity index is 2.23. The maximum absolute atomic E-state index is 12.4.